The highest BCUT2D eigenvalue weighted by Crippen LogP contribution is 1.85. The van der Waals surface area contributed by atoms with Gasteiger partial charge < -0.3 is 9.80 Å². The molecule has 0 spiro atoms. The van der Waals surface area contributed by atoms with Crippen molar-refractivity contribution in [3.05, 3.63) is 12.7 Å². The Morgan fingerprint density at radius 1 is 1.40 bits per heavy atom. The van der Waals surface area contributed by atoms with Gasteiger partial charge in [-0.2, -0.15) is 0 Å². The topological polar surface area (TPSA) is 12.0 Å². The van der Waals surface area contributed by atoms with Gasteiger partial charge in [-0.25, -0.2) is 0 Å². The fourth-order valence-corrected chi connectivity index (χ4v) is 0.619. The van der Waals surface area contributed by atoms with Crippen LogP contribution in [0.1, 0.15) is 0 Å². The van der Waals surface area contributed by atoms with Crippen LogP contribution >= 0.6 is 0 Å². The highest BCUT2D eigenvalue weighted by atomic mass is 15.3. The highest BCUT2D eigenvalue weighted by molar-refractivity contribution is 4.68. The van der Waals surface area contributed by atoms with E-state index < -0.39 is 0 Å². The van der Waals surface area contributed by atoms with E-state index in [2.05, 4.69) is 33.0 Å². The van der Waals surface area contributed by atoms with Gasteiger partial charge in [0.15, 0.2) is 0 Å². The molecule has 0 heterocycles. The van der Waals surface area contributed by atoms with Crippen LogP contribution in [0.5, 0.6) is 0 Å². The number of hydrogen-bond donors (Lipinski definition) is 1. The van der Waals surface area contributed by atoms with Gasteiger partial charge in [-0.05, 0) is 0 Å². The molecule has 0 saturated carbocycles. The van der Waals surface area contributed by atoms with Crippen molar-refractivity contribution in [3.8, 4) is 0 Å². The lowest BCUT2D eigenvalue weighted by atomic mass is 10.5. The molecule has 0 rings (SSSR count). The van der Waals surface area contributed by atoms with Crippen LogP contribution in [-0.4, -0.2) is 45.3 Å². The van der Waals surface area contributed by atoms with E-state index in [0.29, 0.717) is 0 Å². The van der Waals surface area contributed by atoms with Crippen molar-refractivity contribution in [2.45, 2.75) is 0 Å². The maximum absolute atomic E-state index is 3.63. The van der Waals surface area contributed by atoms with Gasteiger partial charge in [0.2, 0.25) is 0 Å². The number of nitrogens with one attached hydrogen (secondary N) is 1. The molecule has 2 heteroatoms. The Labute approximate surface area is 64.1 Å². The molecule has 0 saturated heterocycles. The van der Waals surface area contributed by atoms with E-state index in [-0.39, 0.29) is 0 Å². The van der Waals surface area contributed by atoms with Crippen LogP contribution in [0, 0.1) is 0 Å². The van der Waals surface area contributed by atoms with Gasteiger partial charge in [-0.3, -0.25) is 0 Å². The molecule has 0 aromatic heterocycles. The standard InChI is InChI=1S/C8H19N2/c1-5-6-9-7-8-10(2,3)4/h5,9H,1,6-8H2,2-4H3/q+1. The van der Waals surface area contributed by atoms with E-state index in [4.69, 9.17) is 0 Å². The first-order valence-electron chi connectivity index (χ1n) is 3.68. The molecule has 60 valence electrons. The molecule has 0 aromatic carbocycles. The SMILES string of the molecule is C=CCNCC[N+](C)(C)C. The molecule has 0 aromatic rings. The summed E-state index contributed by atoms with van der Waals surface area (Å²) in [5.74, 6) is 0. The van der Waals surface area contributed by atoms with E-state index in [0.717, 1.165) is 24.1 Å². The molecule has 2 nitrogen and oxygen atoms in total. The summed E-state index contributed by atoms with van der Waals surface area (Å²) in [7, 11) is 6.57. The lowest BCUT2D eigenvalue weighted by molar-refractivity contribution is -0.869. The average Bonchev–Trinajstić information content (AvgIpc) is 1.78. The van der Waals surface area contributed by atoms with Gasteiger partial charge in [-0.15, -0.1) is 6.58 Å². The molecule has 10 heavy (non-hydrogen) atoms. The molecule has 0 amide bonds. The summed E-state index contributed by atoms with van der Waals surface area (Å²) in [5.41, 5.74) is 0. The Bertz CT molecular complexity index is 91.9. The summed E-state index contributed by atoms with van der Waals surface area (Å²) < 4.78 is 1.02. The minimum Gasteiger partial charge on any atom is -0.330 e. The summed E-state index contributed by atoms with van der Waals surface area (Å²) in [5, 5.41) is 3.26. The zero-order valence-electron chi connectivity index (χ0n) is 7.35. The lowest BCUT2D eigenvalue weighted by Gasteiger charge is -2.23. The summed E-state index contributed by atoms with van der Waals surface area (Å²) in [6.45, 7) is 6.77. The largest absolute Gasteiger partial charge is 0.330 e. The Morgan fingerprint density at radius 3 is 2.40 bits per heavy atom. The predicted octanol–water partition coefficient (Wildman–Crippen LogP) is 0.468. The third-order valence-corrected chi connectivity index (χ3v) is 1.25. The number of rotatable bonds is 5. The molecule has 0 atom stereocenters. The Balaban J connectivity index is 3.12. The predicted molar refractivity (Wildman–Crippen MR) is 46.0 cm³/mol. The quantitative estimate of drug-likeness (QED) is 0.335. The van der Waals surface area contributed by atoms with Crippen molar-refractivity contribution < 1.29 is 4.48 Å². The van der Waals surface area contributed by atoms with E-state index in [9.17, 15) is 0 Å². The van der Waals surface area contributed by atoms with Crippen molar-refractivity contribution in [1.29, 1.82) is 0 Å². The zero-order chi connectivity index (χ0) is 8.04. The number of hydrogen-bond acceptors (Lipinski definition) is 1. The Kier molecular flexibility index (Phi) is 4.32. The van der Waals surface area contributed by atoms with Gasteiger partial charge >= 0.3 is 0 Å². The van der Waals surface area contributed by atoms with Crippen molar-refractivity contribution >= 4 is 0 Å². The smallest absolute Gasteiger partial charge is 0.0907 e. The van der Waals surface area contributed by atoms with Gasteiger partial charge in [0, 0.05) is 13.1 Å². The number of quaternary nitrogens is 1. The van der Waals surface area contributed by atoms with Crippen LogP contribution < -0.4 is 5.32 Å². The summed E-state index contributed by atoms with van der Waals surface area (Å²) in [4.78, 5) is 0. The molecule has 0 unspecified atom stereocenters. The summed E-state index contributed by atoms with van der Waals surface area (Å²) in [6.07, 6.45) is 1.88. The Hall–Kier alpha value is -0.340. The monoisotopic (exact) mass is 143 g/mol. The summed E-state index contributed by atoms with van der Waals surface area (Å²) in [6, 6.07) is 0. The van der Waals surface area contributed by atoms with E-state index in [1.54, 1.807) is 0 Å². The second-order valence-electron chi connectivity index (χ2n) is 3.51. The third kappa shape index (κ3) is 7.66. The normalized spacial score (nSPS) is 11.5. The number of nitrogens with zero attached hydrogens (tertiary/aromatic N) is 1. The molecule has 0 radical (unpaired) electrons. The minimum atomic E-state index is 0.917. The second-order valence-corrected chi connectivity index (χ2v) is 3.51. The molecular formula is C8H19N2+. The van der Waals surface area contributed by atoms with Crippen LogP contribution in [0.4, 0.5) is 0 Å². The average molecular weight is 143 g/mol. The summed E-state index contributed by atoms with van der Waals surface area (Å²) >= 11 is 0. The van der Waals surface area contributed by atoms with Crippen LogP contribution in [0.15, 0.2) is 12.7 Å². The van der Waals surface area contributed by atoms with Gasteiger partial charge in [0.1, 0.15) is 0 Å². The molecule has 0 bridgehead atoms. The first-order chi connectivity index (χ1) is 4.56. The lowest BCUT2D eigenvalue weighted by Crippen LogP contribution is -2.40. The van der Waals surface area contributed by atoms with Crippen molar-refractivity contribution in [2.24, 2.45) is 0 Å². The fourth-order valence-electron chi connectivity index (χ4n) is 0.619. The van der Waals surface area contributed by atoms with E-state index in [1.807, 2.05) is 6.08 Å². The maximum Gasteiger partial charge on any atom is 0.0907 e. The van der Waals surface area contributed by atoms with Crippen molar-refractivity contribution in [1.82, 2.24) is 5.32 Å². The van der Waals surface area contributed by atoms with Crippen molar-refractivity contribution in [3.63, 3.8) is 0 Å². The zero-order valence-corrected chi connectivity index (χ0v) is 7.35. The number of likely N-dealkylation sites (N-methyl/N-ethyl adjacent to an activating group) is 1. The highest BCUT2D eigenvalue weighted by Gasteiger charge is 2.03. The molecule has 0 fully saturated rings. The molecule has 0 aliphatic heterocycles. The first kappa shape index (κ1) is 9.66. The van der Waals surface area contributed by atoms with E-state index >= 15 is 0 Å². The van der Waals surface area contributed by atoms with Gasteiger partial charge in [0.05, 0.1) is 27.7 Å². The van der Waals surface area contributed by atoms with Gasteiger partial charge in [0.25, 0.3) is 0 Å². The molecule has 0 aliphatic carbocycles. The third-order valence-electron chi connectivity index (χ3n) is 1.25. The van der Waals surface area contributed by atoms with Crippen LogP contribution in [-0.2, 0) is 0 Å². The van der Waals surface area contributed by atoms with Gasteiger partial charge in [-0.1, -0.05) is 6.08 Å². The Morgan fingerprint density at radius 2 is 2.00 bits per heavy atom. The van der Waals surface area contributed by atoms with Crippen LogP contribution in [0.25, 0.3) is 0 Å². The second kappa shape index (κ2) is 4.47. The van der Waals surface area contributed by atoms with Crippen LogP contribution in [0.3, 0.4) is 0 Å². The first-order valence-corrected chi connectivity index (χ1v) is 3.68. The molecule has 0 aliphatic rings. The van der Waals surface area contributed by atoms with Crippen molar-refractivity contribution in [2.75, 3.05) is 40.8 Å². The minimum absolute atomic E-state index is 0.917. The fraction of sp³-hybridized carbons (Fsp3) is 0.750. The van der Waals surface area contributed by atoms with Crippen LogP contribution in [0.2, 0.25) is 0 Å². The van der Waals surface area contributed by atoms with E-state index in [1.165, 1.54) is 0 Å². The molecule has 1 N–H and O–H groups in total. The molecular weight excluding hydrogens is 124 g/mol. The maximum atomic E-state index is 3.63.